The minimum Gasteiger partial charge on any atom is -0.490 e. The van der Waals surface area contributed by atoms with Crippen LogP contribution in [0.1, 0.15) is 31.0 Å². The molecule has 1 atom stereocenters. The third-order valence-corrected chi connectivity index (χ3v) is 4.15. The monoisotopic (exact) mass is 400 g/mol. The van der Waals surface area contributed by atoms with Gasteiger partial charge in [0.25, 0.3) is 0 Å². The van der Waals surface area contributed by atoms with Crippen LogP contribution in [-0.2, 0) is 9.59 Å². The molecule has 2 amide bonds. The van der Waals surface area contributed by atoms with Crippen LogP contribution in [-0.4, -0.2) is 37.0 Å². The maximum absolute atomic E-state index is 13.5. The summed E-state index contributed by atoms with van der Waals surface area (Å²) in [6.07, 6.45) is 2.92. The van der Waals surface area contributed by atoms with E-state index in [0.717, 1.165) is 5.56 Å². The molecule has 6 nitrogen and oxygen atoms in total. The molecule has 154 valence electrons. The van der Waals surface area contributed by atoms with E-state index in [1.165, 1.54) is 36.2 Å². The number of hydrogen-bond donors (Lipinski definition) is 1. The third-order valence-electron chi connectivity index (χ3n) is 4.15. The zero-order valence-corrected chi connectivity index (χ0v) is 16.7. The first-order valence-electron chi connectivity index (χ1n) is 9.26. The lowest BCUT2D eigenvalue weighted by Gasteiger charge is -2.25. The minimum atomic E-state index is -1.08. The SMILES string of the molecule is CCOc1ccc(/C=C/C(=O)N(C)C(C(N)=O)c2cccc(F)c2)cc1OCC. The van der Waals surface area contributed by atoms with E-state index in [1.807, 2.05) is 13.8 Å². The molecule has 0 aliphatic heterocycles. The molecule has 2 N–H and O–H groups in total. The van der Waals surface area contributed by atoms with Gasteiger partial charge in [0.05, 0.1) is 13.2 Å². The zero-order valence-electron chi connectivity index (χ0n) is 16.7. The van der Waals surface area contributed by atoms with Crippen LogP contribution in [0.2, 0.25) is 0 Å². The largest absolute Gasteiger partial charge is 0.490 e. The van der Waals surface area contributed by atoms with E-state index in [2.05, 4.69) is 0 Å². The second kappa shape index (κ2) is 10.3. The predicted octanol–water partition coefficient (Wildman–Crippen LogP) is 3.32. The number of halogens is 1. The Balaban J connectivity index is 2.22. The molecule has 1 unspecified atom stereocenters. The Kier molecular flexibility index (Phi) is 7.77. The molecule has 0 bridgehead atoms. The fourth-order valence-electron chi connectivity index (χ4n) is 2.84. The Morgan fingerprint density at radius 3 is 2.41 bits per heavy atom. The molecule has 2 aromatic rings. The Morgan fingerprint density at radius 2 is 1.79 bits per heavy atom. The number of carbonyl (C=O) groups excluding carboxylic acids is 2. The molecule has 29 heavy (non-hydrogen) atoms. The molecule has 0 radical (unpaired) electrons. The fourth-order valence-corrected chi connectivity index (χ4v) is 2.84. The number of primary amides is 1. The number of benzene rings is 2. The van der Waals surface area contributed by atoms with Gasteiger partial charge in [-0.1, -0.05) is 18.2 Å². The van der Waals surface area contributed by atoms with Crippen molar-refractivity contribution < 1.29 is 23.5 Å². The van der Waals surface area contributed by atoms with Gasteiger partial charge < -0.3 is 20.1 Å². The van der Waals surface area contributed by atoms with Crippen molar-refractivity contribution in [3.63, 3.8) is 0 Å². The smallest absolute Gasteiger partial charge is 0.247 e. The van der Waals surface area contributed by atoms with Crippen molar-refractivity contribution in [2.24, 2.45) is 5.73 Å². The molecule has 0 aliphatic carbocycles. The van der Waals surface area contributed by atoms with Crippen molar-refractivity contribution in [3.05, 3.63) is 65.5 Å². The topological polar surface area (TPSA) is 81.9 Å². The van der Waals surface area contributed by atoms with Gasteiger partial charge in [0.15, 0.2) is 11.5 Å². The van der Waals surface area contributed by atoms with Crippen molar-refractivity contribution in [2.45, 2.75) is 19.9 Å². The number of ether oxygens (including phenoxy) is 2. The number of carbonyl (C=O) groups is 2. The Morgan fingerprint density at radius 1 is 1.10 bits per heavy atom. The van der Waals surface area contributed by atoms with E-state index in [9.17, 15) is 14.0 Å². The van der Waals surface area contributed by atoms with Crippen LogP contribution in [0.5, 0.6) is 11.5 Å². The lowest BCUT2D eigenvalue weighted by atomic mass is 10.0. The van der Waals surface area contributed by atoms with Crippen molar-refractivity contribution in [1.29, 1.82) is 0 Å². The lowest BCUT2D eigenvalue weighted by molar-refractivity contribution is -0.134. The normalized spacial score (nSPS) is 11.9. The molecule has 0 aromatic heterocycles. The Hall–Kier alpha value is -3.35. The summed E-state index contributed by atoms with van der Waals surface area (Å²) < 4.78 is 24.6. The van der Waals surface area contributed by atoms with Gasteiger partial charge in [0.1, 0.15) is 11.9 Å². The number of nitrogens with zero attached hydrogens (tertiary/aromatic N) is 1. The van der Waals surface area contributed by atoms with E-state index in [-0.39, 0.29) is 0 Å². The molecule has 0 spiro atoms. The van der Waals surface area contributed by atoms with Crippen molar-refractivity contribution in [2.75, 3.05) is 20.3 Å². The standard InChI is InChI=1S/C22H25FN2O4/c1-4-28-18-11-9-15(13-19(18)29-5-2)10-12-20(26)25(3)21(22(24)27)16-7-6-8-17(23)14-16/h6-14,21H,4-5H2,1-3H3,(H2,24,27)/b12-10+. The average molecular weight is 400 g/mol. The van der Waals surface area contributed by atoms with Crippen LogP contribution in [0.3, 0.4) is 0 Å². The maximum atomic E-state index is 13.5. The quantitative estimate of drug-likeness (QED) is 0.655. The number of rotatable bonds is 9. The summed E-state index contributed by atoms with van der Waals surface area (Å²) in [5.74, 6) is -0.519. The molecule has 0 saturated carbocycles. The summed E-state index contributed by atoms with van der Waals surface area (Å²) in [6, 6.07) is 9.68. The van der Waals surface area contributed by atoms with Gasteiger partial charge in [-0.2, -0.15) is 0 Å². The summed E-state index contributed by atoms with van der Waals surface area (Å²) in [6.45, 7) is 4.73. The summed E-state index contributed by atoms with van der Waals surface area (Å²) in [4.78, 5) is 25.7. The van der Waals surface area contributed by atoms with Crippen molar-refractivity contribution in [1.82, 2.24) is 4.90 Å². The van der Waals surface area contributed by atoms with E-state index in [0.29, 0.717) is 30.3 Å². The number of hydrogen-bond acceptors (Lipinski definition) is 4. The summed E-state index contributed by atoms with van der Waals surface area (Å²) in [7, 11) is 1.44. The molecule has 0 aliphatic rings. The lowest BCUT2D eigenvalue weighted by Crippen LogP contribution is -2.38. The van der Waals surface area contributed by atoms with Crippen LogP contribution >= 0.6 is 0 Å². The van der Waals surface area contributed by atoms with Gasteiger partial charge in [-0.25, -0.2) is 4.39 Å². The number of nitrogens with two attached hydrogens (primary N) is 1. The van der Waals surface area contributed by atoms with Crippen molar-refractivity contribution >= 4 is 17.9 Å². The first kappa shape index (κ1) is 21.9. The van der Waals surface area contributed by atoms with Crippen molar-refractivity contribution in [3.8, 4) is 11.5 Å². The molecular weight excluding hydrogens is 375 g/mol. The summed E-state index contributed by atoms with van der Waals surface area (Å²) in [5, 5.41) is 0. The Bertz CT molecular complexity index is 898. The molecule has 7 heteroatoms. The summed E-state index contributed by atoms with van der Waals surface area (Å²) >= 11 is 0. The third kappa shape index (κ3) is 5.81. The van der Waals surface area contributed by atoms with Crippen LogP contribution in [0, 0.1) is 5.82 Å². The Labute approximate surface area is 169 Å². The molecule has 0 fully saturated rings. The molecule has 0 saturated heterocycles. The minimum absolute atomic E-state index is 0.307. The predicted molar refractivity (Wildman–Crippen MR) is 109 cm³/mol. The van der Waals surface area contributed by atoms with E-state index in [1.54, 1.807) is 30.3 Å². The first-order chi connectivity index (χ1) is 13.9. The van der Waals surface area contributed by atoms with Gasteiger partial charge in [0.2, 0.25) is 11.8 Å². The van der Waals surface area contributed by atoms with Gasteiger partial charge in [0, 0.05) is 13.1 Å². The second-order valence-corrected chi connectivity index (χ2v) is 6.21. The van der Waals surface area contributed by atoms with Crippen LogP contribution in [0.25, 0.3) is 6.08 Å². The van der Waals surface area contributed by atoms with Gasteiger partial charge in [-0.3, -0.25) is 9.59 Å². The highest BCUT2D eigenvalue weighted by molar-refractivity contribution is 5.95. The van der Waals surface area contributed by atoms with Crippen LogP contribution < -0.4 is 15.2 Å². The molecule has 2 aromatic carbocycles. The van der Waals surface area contributed by atoms with Gasteiger partial charge >= 0.3 is 0 Å². The average Bonchev–Trinajstić information content (AvgIpc) is 2.68. The summed E-state index contributed by atoms with van der Waals surface area (Å²) in [5.41, 5.74) is 6.48. The van der Waals surface area contributed by atoms with E-state index >= 15 is 0 Å². The number of likely N-dealkylation sites (N-methyl/N-ethyl adjacent to an activating group) is 1. The first-order valence-corrected chi connectivity index (χ1v) is 9.26. The van der Waals surface area contributed by atoms with E-state index < -0.39 is 23.7 Å². The molecular formula is C22H25FN2O4. The molecule has 0 heterocycles. The second-order valence-electron chi connectivity index (χ2n) is 6.21. The maximum Gasteiger partial charge on any atom is 0.247 e. The highest BCUT2D eigenvalue weighted by Gasteiger charge is 2.25. The van der Waals surface area contributed by atoms with Crippen LogP contribution in [0.15, 0.2) is 48.5 Å². The fraction of sp³-hybridized carbons (Fsp3) is 0.273. The number of amides is 2. The van der Waals surface area contributed by atoms with Gasteiger partial charge in [-0.05, 0) is 55.3 Å². The highest BCUT2D eigenvalue weighted by Crippen LogP contribution is 2.29. The molecule has 2 rings (SSSR count). The van der Waals surface area contributed by atoms with Crippen LogP contribution in [0.4, 0.5) is 4.39 Å². The van der Waals surface area contributed by atoms with E-state index in [4.69, 9.17) is 15.2 Å². The van der Waals surface area contributed by atoms with Gasteiger partial charge in [-0.15, -0.1) is 0 Å². The zero-order chi connectivity index (χ0) is 21.4. The highest BCUT2D eigenvalue weighted by atomic mass is 19.1.